The third-order valence-corrected chi connectivity index (χ3v) is 5.48. The zero-order valence-electron chi connectivity index (χ0n) is 14.4. The van der Waals surface area contributed by atoms with Crippen molar-refractivity contribution in [2.24, 2.45) is 5.92 Å². The van der Waals surface area contributed by atoms with Crippen molar-refractivity contribution in [1.29, 1.82) is 0 Å². The first-order chi connectivity index (χ1) is 11.6. The van der Waals surface area contributed by atoms with Gasteiger partial charge in [0.05, 0.1) is 6.10 Å². The van der Waals surface area contributed by atoms with Gasteiger partial charge < -0.3 is 14.5 Å². The number of piperazine rings is 1. The molecule has 4 nitrogen and oxygen atoms in total. The van der Waals surface area contributed by atoms with E-state index in [1.807, 2.05) is 29.2 Å². The van der Waals surface area contributed by atoms with Gasteiger partial charge in [-0.25, -0.2) is 0 Å². The van der Waals surface area contributed by atoms with E-state index in [1.165, 1.54) is 18.5 Å². The zero-order valence-corrected chi connectivity index (χ0v) is 15.2. The lowest BCUT2D eigenvalue weighted by Crippen LogP contribution is -2.50. The molecule has 1 saturated heterocycles. The predicted molar refractivity (Wildman–Crippen MR) is 97.6 cm³/mol. The molecule has 24 heavy (non-hydrogen) atoms. The first kappa shape index (κ1) is 17.6. The molecular formula is C19H27ClN2O2. The number of benzene rings is 1. The summed E-state index contributed by atoms with van der Waals surface area (Å²) in [5.74, 6) is 0.936. The maximum atomic E-state index is 12.4. The number of hydrogen-bond donors (Lipinski definition) is 0. The summed E-state index contributed by atoms with van der Waals surface area (Å²) in [5.41, 5.74) is 1.17. The molecule has 3 rings (SSSR count). The summed E-state index contributed by atoms with van der Waals surface area (Å²) in [7, 11) is 0. The van der Waals surface area contributed by atoms with Crippen LogP contribution in [0.3, 0.4) is 0 Å². The van der Waals surface area contributed by atoms with Crippen molar-refractivity contribution in [1.82, 2.24) is 4.90 Å². The van der Waals surface area contributed by atoms with Crippen LogP contribution in [-0.2, 0) is 9.53 Å². The highest BCUT2D eigenvalue weighted by atomic mass is 35.5. The van der Waals surface area contributed by atoms with Crippen molar-refractivity contribution in [3.05, 3.63) is 29.3 Å². The average Bonchev–Trinajstić information content (AvgIpc) is 2.62. The maximum absolute atomic E-state index is 12.4. The van der Waals surface area contributed by atoms with Gasteiger partial charge in [-0.2, -0.15) is 0 Å². The number of rotatable bonds is 4. The van der Waals surface area contributed by atoms with Gasteiger partial charge in [0.15, 0.2) is 0 Å². The number of hydrogen-bond acceptors (Lipinski definition) is 3. The number of carbonyl (C=O) groups excluding carboxylic acids is 1. The SMILES string of the molecule is CC1CCC(OCC(=O)N2CCN(c3ccc(Cl)cc3)CC2)CC1. The van der Waals surface area contributed by atoms with Crippen LogP contribution in [0, 0.1) is 5.92 Å². The van der Waals surface area contributed by atoms with Crippen molar-refractivity contribution in [2.45, 2.75) is 38.7 Å². The summed E-state index contributed by atoms with van der Waals surface area (Å²) in [6.45, 7) is 5.75. The Morgan fingerprint density at radius 1 is 1.08 bits per heavy atom. The Balaban J connectivity index is 1.41. The van der Waals surface area contributed by atoms with Gasteiger partial charge in [0.2, 0.25) is 5.91 Å². The minimum atomic E-state index is 0.129. The molecule has 2 aliphatic rings. The van der Waals surface area contributed by atoms with E-state index in [2.05, 4.69) is 11.8 Å². The predicted octanol–water partition coefficient (Wildman–Crippen LogP) is 3.58. The standard InChI is InChI=1S/C19H27ClN2O2/c1-15-2-8-18(9-3-15)24-14-19(23)22-12-10-21(11-13-22)17-6-4-16(20)5-7-17/h4-7,15,18H,2-3,8-14H2,1H3. The molecule has 1 aliphatic heterocycles. The Morgan fingerprint density at radius 2 is 1.71 bits per heavy atom. The van der Waals surface area contributed by atoms with Crippen molar-refractivity contribution in [2.75, 3.05) is 37.7 Å². The van der Waals surface area contributed by atoms with Crippen LogP contribution in [0.25, 0.3) is 0 Å². The Labute approximate surface area is 149 Å². The van der Waals surface area contributed by atoms with E-state index >= 15 is 0 Å². The lowest BCUT2D eigenvalue weighted by Gasteiger charge is -2.36. The van der Waals surface area contributed by atoms with E-state index in [1.54, 1.807) is 0 Å². The third-order valence-electron chi connectivity index (χ3n) is 5.23. The van der Waals surface area contributed by atoms with E-state index < -0.39 is 0 Å². The fourth-order valence-electron chi connectivity index (χ4n) is 3.54. The van der Waals surface area contributed by atoms with Gasteiger partial charge in [0, 0.05) is 36.9 Å². The van der Waals surface area contributed by atoms with Crippen LogP contribution in [0.1, 0.15) is 32.6 Å². The summed E-state index contributed by atoms with van der Waals surface area (Å²) < 4.78 is 5.85. The molecule has 0 bridgehead atoms. The molecule has 5 heteroatoms. The lowest BCUT2D eigenvalue weighted by atomic mass is 9.89. The Hall–Kier alpha value is -1.26. The normalized spacial score (nSPS) is 24.9. The lowest BCUT2D eigenvalue weighted by molar-refractivity contribution is -0.139. The first-order valence-corrected chi connectivity index (χ1v) is 9.39. The minimum Gasteiger partial charge on any atom is -0.368 e. The van der Waals surface area contributed by atoms with Gasteiger partial charge in [-0.1, -0.05) is 18.5 Å². The van der Waals surface area contributed by atoms with Crippen molar-refractivity contribution in [3.8, 4) is 0 Å². The van der Waals surface area contributed by atoms with Crippen molar-refractivity contribution < 1.29 is 9.53 Å². The second-order valence-electron chi connectivity index (χ2n) is 7.04. The average molecular weight is 351 g/mol. The third kappa shape index (κ3) is 4.64. The molecule has 1 saturated carbocycles. The summed E-state index contributed by atoms with van der Waals surface area (Å²) >= 11 is 5.94. The monoisotopic (exact) mass is 350 g/mol. The van der Waals surface area contributed by atoms with Gasteiger partial charge in [-0.15, -0.1) is 0 Å². The summed E-state index contributed by atoms with van der Waals surface area (Å²) in [4.78, 5) is 16.6. The minimum absolute atomic E-state index is 0.129. The molecule has 0 spiro atoms. The van der Waals surface area contributed by atoms with Crippen LogP contribution in [-0.4, -0.2) is 49.7 Å². The summed E-state index contributed by atoms with van der Waals surface area (Å²) in [6.07, 6.45) is 4.91. The van der Waals surface area contributed by atoms with Crippen LogP contribution in [0.15, 0.2) is 24.3 Å². The van der Waals surface area contributed by atoms with Crippen LogP contribution >= 0.6 is 11.6 Å². The fourth-order valence-corrected chi connectivity index (χ4v) is 3.67. The summed E-state index contributed by atoms with van der Waals surface area (Å²) in [5, 5.41) is 0.752. The maximum Gasteiger partial charge on any atom is 0.248 e. The van der Waals surface area contributed by atoms with E-state index in [9.17, 15) is 4.79 Å². The van der Waals surface area contributed by atoms with Gasteiger partial charge in [0.1, 0.15) is 6.61 Å². The Kier molecular flexibility index (Phi) is 6.01. The molecule has 132 valence electrons. The highest BCUT2D eigenvalue weighted by molar-refractivity contribution is 6.30. The van der Waals surface area contributed by atoms with Gasteiger partial charge >= 0.3 is 0 Å². The van der Waals surface area contributed by atoms with Crippen LogP contribution in [0.4, 0.5) is 5.69 Å². The number of ether oxygens (including phenoxy) is 1. The largest absolute Gasteiger partial charge is 0.368 e. The molecule has 0 aromatic heterocycles. The highest BCUT2D eigenvalue weighted by Crippen LogP contribution is 2.25. The van der Waals surface area contributed by atoms with Gasteiger partial charge in [0.25, 0.3) is 0 Å². The van der Waals surface area contributed by atoms with Crippen molar-refractivity contribution >= 4 is 23.2 Å². The molecule has 1 heterocycles. The van der Waals surface area contributed by atoms with Crippen LogP contribution in [0.5, 0.6) is 0 Å². The molecule has 1 amide bonds. The molecule has 0 atom stereocenters. The number of nitrogens with zero attached hydrogens (tertiary/aromatic N) is 2. The van der Waals surface area contributed by atoms with Crippen molar-refractivity contribution in [3.63, 3.8) is 0 Å². The molecule has 0 N–H and O–H groups in total. The number of amides is 1. The topological polar surface area (TPSA) is 32.8 Å². The van der Waals surface area contributed by atoms with E-state index in [-0.39, 0.29) is 18.6 Å². The molecule has 2 fully saturated rings. The van der Waals surface area contributed by atoms with E-state index in [0.29, 0.717) is 0 Å². The molecule has 0 unspecified atom stereocenters. The second kappa shape index (κ2) is 8.21. The fraction of sp³-hybridized carbons (Fsp3) is 0.632. The van der Waals surface area contributed by atoms with E-state index in [0.717, 1.165) is 50.0 Å². The summed E-state index contributed by atoms with van der Waals surface area (Å²) in [6, 6.07) is 7.89. The molecule has 1 aliphatic carbocycles. The molecule has 0 radical (unpaired) electrons. The first-order valence-electron chi connectivity index (χ1n) is 9.01. The Bertz CT molecular complexity index is 533. The smallest absolute Gasteiger partial charge is 0.248 e. The van der Waals surface area contributed by atoms with Crippen LogP contribution < -0.4 is 4.90 Å². The number of carbonyl (C=O) groups is 1. The molecular weight excluding hydrogens is 324 g/mol. The second-order valence-corrected chi connectivity index (χ2v) is 7.47. The number of halogens is 1. The molecule has 1 aromatic rings. The zero-order chi connectivity index (χ0) is 16.9. The number of anilines is 1. The molecule has 1 aromatic carbocycles. The highest BCUT2D eigenvalue weighted by Gasteiger charge is 2.24. The quantitative estimate of drug-likeness (QED) is 0.832. The van der Waals surface area contributed by atoms with Gasteiger partial charge in [-0.05, 0) is 55.9 Å². The van der Waals surface area contributed by atoms with Gasteiger partial charge in [-0.3, -0.25) is 4.79 Å². The van der Waals surface area contributed by atoms with E-state index in [4.69, 9.17) is 16.3 Å². The Morgan fingerprint density at radius 3 is 2.33 bits per heavy atom. The van der Waals surface area contributed by atoms with Crippen LogP contribution in [0.2, 0.25) is 5.02 Å².